The second-order valence-electron chi connectivity index (χ2n) is 7.92. The van der Waals surface area contributed by atoms with Crippen LogP contribution in [0.5, 0.6) is 0 Å². The Hall–Kier alpha value is -2.71. The lowest BCUT2D eigenvalue weighted by molar-refractivity contribution is 0.0736. The van der Waals surface area contributed by atoms with Crippen molar-refractivity contribution < 1.29 is 14.3 Å². The molecule has 1 aliphatic rings. The highest BCUT2D eigenvalue weighted by molar-refractivity contribution is 7.21. The Kier molecular flexibility index (Phi) is 6.38. The number of methoxy groups -OCH3 is 1. The second-order valence-corrected chi connectivity index (χ2v) is 8.97. The van der Waals surface area contributed by atoms with Crippen LogP contribution >= 0.6 is 11.3 Å². The van der Waals surface area contributed by atoms with Crippen LogP contribution in [0.4, 0.5) is 0 Å². The van der Waals surface area contributed by atoms with E-state index in [4.69, 9.17) is 4.74 Å². The third-order valence-electron chi connectivity index (χ3n) is 6.04. The first-order chi connectivity index (χ1) is 15.0. The van der Waals surface area contributed by atoms with Crippen molar-refractivity contribution in [3.05, 3.63) is 52.2 Å². The number of benzene rings is 1. The van der Waals surface area contributed by atoms with Crippen LogP contribution < -0.4 is 5.32 Å². The zero-order chi connectivity index (χ0) is 22.0. The van der Waals surface area contributed by atoms with Crippen molar-refractivity contribution in [1.29, 1.82) is 0 Å². The van der Waals surface area contributed by atoms with E-state index < -0.39 is 0 Å². The van der Waals surface area contributed by atoms with E-state index in [1.165, 1.54) is 11.3 Å². The van der Waals surface area contributed by atoms with Crippen molar-refractivity contribution in [3.63, 3.8) is 0 Å². The zero-order valence-corrected chi connectivity index (χ0v) is 19.0. The van der Waals surface area contributed by atoms with Crippen molar-refractivity contribution in [3.8, 4) is 0 Å². The number of likely N-dealkylation sites (tertiary alicyclic amines) is 1. The number of nitrogens with one attached hydrogen (secondary N) is 1. The van der Waals surface area contributed by atoms with E-state index >= 15 is 0 Å². The molecule has 4 rings (SSSR count). The number of amides is 2. The molecule has 0 bridgehead atoms. The normalized spacial score (nSPS) is 16.2. The van der Waals surface area contributed by atoms with Gasteiger partial charge in [0.05, 0.1) is 23.2 Å². The maximum absolute atomic E-state index is 13.3. The summed E-state index contributed by atoms with van der Waals surface area (Å²) in [6.45, 7) is 3.59. The number of nitrogens with zero attached hydrogens (tertiary/aromatic N) is 3. The fourth-order valence-corrected chi connectivity index (χ4v) is 5.40. The van der Waals surface area contributed by atoms with E-state index in [2.05, 4.69) is 16.5 Å². The molecule has 1 aromatic carbocycles. The highest BCUT2D eigenvalue weighted by atomic mass is 32.1. The molecule has 0 radical (unpaired) electrons. The average molecular weight is 441 g/mol. The largest absolute Gasteiger partial charge is 0.383 e. The Bertz CT molecular complexity index is 1100. The lowest BCUT2D eigenvalue weighted by Gasteiger charge is -2.25. The van der Waals surface area contributed by atoms with Gasteiger partial charge in [-0.25, -0.2) is 0 Å². The van der Waals surface area contributed by atoms with Crippen molar-refractivity contribution >= 4 is 33.2 Å². The third kappa shape index (κ3) is 4.22. The first-order valence-electron chi connectivity index (χ1n) is 10.6. The molecular formula is C23H28N4O3S. The molecule has 1 saturated heterocycles. The van der Waals surface area contributed by atoms with Crippen LogP contribution in [-0.2, 0) is 18.2 Å². The van der Waals surface area contributed by atoms with E-state index in [-0.39, 0.29) is 17.9 Å². The van der Waals surface area contributed by atoms with Gasteiger partial charge in [0.1, 0.15) is 0 Å². The minimum atomic E-state index is -0.0766. The summed E-state index contributed by atoms with van der Waals surface area (Å²) in [5, 5.41) is 8.28. The average Bonchev–Trinajstić information content (AvgIpc) is 3.47. The number of carbonyl (C=O) groups is 2. The molecule has 31 heavy (non-hydrogen) atoms. The third-order valence-corrected chi connectivity index (χ3v) is 7.25. The number of fused-ring (bicyclic) bond motifs is 1. The smallest absolute Gasteiger partial charge is 0.261 e. The lowest BCUT2D eigenvalue weighted by Crippen LogP contribution is -2.37. The molecule has 0 spiro atoms. The molecule has 0 unspecified atom stereocenters. The van der Waals surface area contributed by atoms with E-state index in [9.17, 15) is 9.59 Å². The standard InChI is InChI=1S/C23H28N4O3S/c1-15-19(14-25-26(15)2)23(29)27-11-6-7-16(27)13-18-17-8-4-5-9-20(17)31-21(18)22(28)24-10-12-30-3/h4-5,8-9,14,16H,6-7,10-13H2,1-3H3,(H,24,28)/t16-/m1/s1. The Balaban J connectivity index is 1.62. The molecule has 3 heterocycles. The molecule has 8 heteroatoms. The molecule has 1 N–H and O–H groups in total. The van der Waals surface area contributed by atoms with E-state index in [1.807, 2.05) is 37.1 Å². The lowest BCUT2D eigenvalue weighted by atomic mass is 10.00. The van der Waals surface area contributed by atoms with Gasteiger partial charge in [0.25, 0.3) is 11.8 Å². The monoisotopic (exact) mass is 440 g/mol. The summed E-state index contributed by atoms with van der Waals surface area (Å²) < 4.78 is 7.88. The van der Waals surface area contributed by atoms with Gasteiger partial charge in [0.2, 0.25) is 0 Å². The summed E-state index contributed by atoms with van der Waals surface area (Å²) in [6.07, 6.45) is 4.22. The molecular weight excluding hydrogens is 412 g/mol. The predicted molar refractivity (Wildman–Crippen MR) is 122 cm³/mol. The van der Waals surface area contributed by atoms with Crippen molar-refractivity contribution in [2.75, 3.05) is 26.8 Å². The summed E-state index contributed by atoms with van der Waals surface area (Å²) in [5.74, 6) is -0.0500. The molecule has 2 amide bonds. The maximum Gasteiger partial charge on any atom is 0.261 e. The highest BCUT2D eigenvalue weighted by Gasteiger charge is 2.33. The molecule has 1 fully saturated rings. The van der Waals surface area contributed by atoms with Crippen LogP contribution in [0.1, 0.15) is 44.1 Å². The van der Waals surface area contributed by atoms with Crippen molar-refractivity contribution in [2.24, 2.45) is 7.05 Å². The number of aromatic nitrogens is 2. The van der Waals surface area contributed by atoms with Gasteiger partial charge in [0, 0.05) is 43.7 Å². The number of carbonyl (C=O) groups excluding carboxylic acids is 2. The summed E-state index contributed by atoms with van der Waals surface area (Å²) in [6, 6.07) is 8.18. The quantitative estimate of drug-likeness (QED) is 0.573. The minimum Gasteiger partial charge on any atom is -0.383 e. The molecule has 7 nitrogen and oxygen atoms in total. The van der Waals surface area contributed by atoms with Gasteiger partial charge in [-0.1, -0.05) is 18.2 Å². The van der Waals surface area contributed by atoms with Crippen molar-refractivity contribution in [2.45, 2.75) is 32.2 Å². The zero-order valence-electron chi connectivity index (χ0n) is 18.2. The van der Waals surface area contributed by atoms with Crippen LogP contribution in [-0.4, -0.2) is 59.3 Å². The molecule has 3 aromatic rings. The van der Waals surface area contributed by atoms with Gasteiger partial charge in [0.15, 0.2) is 0 Å². The van der Waals surface area contributed by atoms with Gasteiger partial charge in [-0.05, 0) is 43.2 Å². The van der Waals surface area contributed by atoms with E-state index in [0.717, 1.165) is 45.6 Å². The number of ether oxygens (including phenoxy) is 1. The summed E-state index contributed by atoms with van der Waals surface area (Å²) in [4.78, 5) is 28.9. The summed E-state index contributed by atoms with van der Waals surface area (Å²) in [7, 11) is 3.46. The minimum absolute atomic E-state index is 0.0266. The summed E-state index contributed by atoms with van der Waals surface area (Å²) in [5.41, 5.74) is 2.56. The number of rotatable bonds is 7. The van der Waals surface area contributed by atoms with Crippen LogP contribution in [0.3, 0.4) is 0 Å². The van der Waals surface area contributed by atoms with Crippen LogP contribution in [0.15, 0.2) is 30.5 Å². The number of thiophene rings is 1. The Morgan fingerprint density at radius 2 is 2.13 bits per heavy atom. The first kappa shape index (κ1) is 21.5. The molecule has 0 saturated carbocycles. The number of aryl methyl sites for hydroxylation is 1. The fourth-order valence-electron chi connectivity index (χ4n) is 4.25. The van der Waals surface area contributed by atoms with Gasteiger partial charge in [-0.2, -0.15) is 5.10 Å². The van der Waals surface area contributed by atoms with E-state index in [0.29, 0.717) is 25.1 Å². The molecule has 1 aliphatic heterocycles. The molecule has 2 aromatic heterocycles. The molecule has 164 valence electrons. The Morgan fingerprint density at radius 1 is 1.32 bits per heavy atom. The molecule has 0 aliphatic carbocycles. The van der Waals surface area contributed by atoms with Gasteiger partial charge in [-0.3, -0.25) is 14.3 Å². The maximum atomic E-state index is 13.3. The SMILES string of the molecule is COCCNC(=O)c1sc2ccccc2c1C[C@H]1CCCN1C(=O)c1cnn(C)c1C. The topological polar surface area (TPSA) is 76.5 Å². The summed E-state index contributed by atoms with van der Waals surface area (Å²) >= 11 is 1.52. The predicted octanol–water partition coefficient (Wildman–Crippen LogP) is 3.17. The molecule has 1 atom stereocenters. The van der Waals surface area contributed by atoms with Crippen LogP contribution in [0.2, 0.25) is 0 Å². The number of hydrogen-bond acceptors (Lipinski definition) is 5. The van der Waals surface area contributed by atoms with Crippen LogP contribution in [0, 0.1) is 6.92 Å². The van der Waals surface area contributed by atoms with Crippen molar-refractivity contribution in [1.82, 2.24) is 20.0 Å². The van der Waals surface area contributed by atoms with E-state index in [1.54, 1.807) is 18.0 Å². The Morgan fingerprint density at radius 3 is 2.87 bits per heavy atom. The van der Waals surface area contributed by atoms with Gasteiger partial charge < -0.3 is 15.0 Å². The van der Waals surface area contributed by atoms with Gasteiger partial charge >= 0.3 is 0 Å². The first-order valence-corrected chi connectivity index (χ1v) is 11.4. The fraction of sp³-hybridized carbons (Fsp3) is 0.435. The van der Waals surface area contributed by atoms with Crippen LogP contribution in [0.25, 0.3) is 10.1 Å². The second kappa shape index (κ2) is 9.20. The van der Waals surface area contributed by atoms with Gasteiger partial charge in [-0.15, -0.1) is 11.3 Å². The Labute approximate surface area is 186 Å². The number of hydrogen-bond donors (Lipinski definition) is 1. The highest BCUT2D eigenvalue weighted by Crippen LogP contribution is 2.35.